The predicted octanol–water partition coefficient (Wildman–Crippen LogP) is 3.16. The van der Waals surface area contributed by atoms with Gasteiger partial charge in [0, 0.05) is 30.4 Å². The Morgan fingerprint density at radius 1 is 0.938 bits per heavy atom. The number of hydrogen-bond donors (Lipinski definition) is 0. The topological polar surface area (TPSA) is 25.8 Å². The summed E-state index contributed by atoms with van der Waals surface area (Å²) in [5.41, 5.74) is -0.226. The fourth-order valence-electron chi connectivity index (χ4n) is 1.39. The maximum absolute atomic E-state index is 12.7. The summed E-state index contributed by atoms with van der Waals surface area (Å²) < 4.78 is 38.0. The van der Waals surface area contributed by atoms with Crippen LogP contribution in [0.4, 0.5) is 13.2 Å². The molecule has 0 saturated heterocycles. The Hall–Kier alpha value is -1.91. The highest BCUT2D eigenvalue weighted by atomic mass is 19.4. The van der Waals surface area contributed by atoms with Crippen LogP contribution in [-0.4, -0.2) is 9.97 Å². The number of alkyl halides is 3. The standard InChI is InChI=1S/C11H7F3N2/c12-11(13,14)10-7-16-5-3-9(10)8-2-1-4-15-6-8/h1-7H. The van der Waals surface area contributed by atoms with E-state index in [1.165, 1.54) is 24.7 Å². The van der Waals surface area contributed by atoms with E-state index in [4.69, 9.17) is 0 Å². The van der Waals surface area contributed by atoms with Gasteiger partial charge in [0.1, 0.15) is 0 Å². The van der Waals surface area contributed by atoms with Crippen LogP contribution < -0.4 is 0 Å². The summed E-state index contributed by atoms with van der Waals surface area (Å²) in [7, 11) is 0. The van der Waals surface area contributed by atoms with E-state index in [9.17, 15) is 13.2 Å². The molecule has 0 N–H and O–H groups in total. The quantitative estimate of drug-likeness (QED) is 0.743. The third-order valence-corrected chi connectivity index (χ3v) is 2.10. The normalized spacial score (nSPS) is 11.4. The van der Waals surface area contributed by atoms with Crippen LogP contribution in [0.15, 0.2) is 43.0 Å². The smallest absolute Gasteiger partial charge is 0.264 e. The number of hydrogen-bond acceptors (Lipinski definition) is 2. The molecule has 82 valence electrons. The molecule has 2 nitrogen and oxygen atoms in total. The second-order valence-corrected chi connectivity index (χ2v) is 3.16. The summed E-state index contributed by atoms with van der Waals surface area (Å²) in [6, 6.07) is 4.51. The van der Waals surface area contributed by atoms with Crippen molar-refractivity contribution in [2.45, 2.75) is 6.18 Å². The highest BCUT2D eigenvalue weighted by Gasteiger charge is 2.33. The van der Waals surface area contributed by atoms with Gasteiger partial charge in [-0.25, -0.2) is 0 Å². The predicted molar refractivity (Wildman–Crippen MR) is 52.5 cm³/mol. The fraction of sp³-hybridized carbons (Fsp3) is 0.0909. The van der Waals surface area contributed by atoms with Gasteiger partial charge in [-0.2, -0.15) is 13.2 Å². The SMILES string of the molecule is FC(F)(F)c1cnccc1-c1cccnc1. The Labute approximate surface area is 89.8 Å². The zero-order chi connectivity index (χ0) is 11.6. The summed E-state index contributed by atoms with van der Waals surface area (Å²) in [5, 5.41) is 0. The third-order valence-electron chi connectivity index (χ3n) is 2.10. The summed E-state index contributed by atoms with van der Waals surface area (Å²) in [5.74, 6) is 0. The van der Waals surface area contributed by atoms with Gasteiger partial charge < -0.3 is 0 Å². The highest BCUT2D eigenvalue weighted by Crippen LogP contribution is 2.35. The number of nitrogens with zero attached hydrogens (tertiary/aromatic N) is 2. The molecule has 0 saturated carbocycles. The van der Waals surface area contributed by atoms with Gasteiger partial charge in [-0.05, 0) is 17.7 Å². The average Bonchev–Trinajstić information content (AvgIpc) is 2.29. The van der Waals surface area contributed by atoms with Crippen LogP contribution in [0.1, 0.15) is 5.56 Å². The minimum absolute atomic E-state index is 0.0931. The molecule has 2 heterocycles. The van der Waals surface area contributed by atoms with E-state index in [1.807, 2.05) is 0 Å². The maximum atomic E-state index is 12.7. The van der Waals surface area contributed by atoms with Gasteiger partial charge in [0.15, 0.2) is 0 Å². The molecule has 0 atom stereocenters. The molecular weight excluding hydrogens is 217 g/mol. The van der Waals surface area contributed by atoms with E-state index in [0.717, 1.165) is 6.20 Å². The third kappa shape index (κ3) is 2.03. The molecule has 2 aromatic heterocycles. The Bertz CT molecular complexity index is 480. The maximum Gasteiger partial charge on any atom is 0.418 e. The molecule has 2 rings (SSSR count). The lowest BCUT2D eigenvalue weighted by molar-refractivity contribution is -0.137. The van der Waals surface area contributed by atoms with Crippen molar-refractivity contribution < 1.29 is 13.2 Å². The van der Waals surface area contributed by atoms with Crippen LogP contribution in [0.3, 0.4) is 0 Å². The van der Waals surface area contributed by atoms with E-state index >= 15 is 0 Å². The lowest BCUT2D eigenvalue weighted by Gasteiger charge is -2.11. The molecule has 0 aliphatic carbocycles. The van der Waals surface area contributed by atoms with E-state index in [2.05, 4.69) is 9.97 Å². The van der Waals surface area contributed by atoms with Crippen molar-refractivity contribution >= 4 is 0 Å². The molecule has 2 aromatic rings. The van der Waals surface area contributed by atoms with Gasteiger partial charge >= 0.3 is 6.18 Å². The second-order valence-electron chi connectivity index (χ2n) is 3.16. The largest absolute Gasteiger partial charge is 0.418 e. The van der Waals surface area contributed by atoms with Gasteiger partial charge in [0.2, 0.25) is 0 Å². The molecule has 0 fully saturated rings. The molecule has 0 unspecified atom stereocenters. The molecular formula is C11H7F3N2. The first-order valence-corrected chi connectivity index (χ1v) is 4.50. The fourth-order valence-corrected chi connectivity index (χ4v) is 1.39. The lowest BCUT2D eigenvalue weighted by Crippen LogP contribution is -2.07. The highest BCUT2D eigenvalue weighted by molar-refractivity contribution is 5.66. The summed E-state index contributed by atoms with van der Waals surface area (Å²) in [6.45, 7) is 0. The molecule has 0 amide bonds. The molecule has 0 aromatic carbocycles. The summed E-state index contributed by atoms with van der Waals surface area (Å²) >= 11 is 0. The Morgan fingerprint density at radius 2 is 1.69 bits per heavy atom. The number of rotatable bonds is 1. The monoisotopic (exact) mass is 224 g/mol. The summed E-state index contributed by atoms with van der Waals surface area (Å²) in [4.78, 5) is 7.29. The Morgan fingerprint density at radius 3 is 2.31 bits per heavy atom. The molecule has 0 spiro atoms. The van der Waals surface area contributed by atoms with Crippen molar-refractivity contribution in [2.75, 3.05) is 0 Å². The minimum atomic E-state index is -4.40. The molecule has 5 heteroatoms. The second kappa shape index (κ2) is 3.92. The average molecular weight is 224 g/mol. The number of aromatic nitrogens is 2. The van der Waals surface area contributed by atoms with Crippen molar-refractivity contribution in [1.82, 2.24) is 9.97 Å². The molecule has 0 radical (unpaired) electrons. The van der Waals surface area contributed by atoms with Gasteiger partial charge in [0.05, 0.1) is 5.56 Å². The number of pyridine rings is 2. The van der Waals surface area contributed by atoms with Gasteiger partial charge in [-0.3, -0.25) is 9.97 Å². The van der Waals surface area contributed by atoms with Gasteiger partial charge in [0.25, 0.3) is 0 Å². The first-order valence-electron chi connectivity index (χ1n) is 4.50. The Kier molecular flexibility index (Phi) is 2.60. The van der Waals surface area contributed by atoms with Gasteiger partial charge in [-0.1, -0.05) is 6.07 Å². The van der Waals surface area contributed by atoms with Crippen molar-refractivity contribution in [3.8, 4) is 11.1 Å². The van der Waals surface area contributed by atoms with Crippen molar-refractivity contribution in [3.05, 3.63) is 48.5 Å². The van der Waals surface area contributed by atoms with Crippen molar-refractivity contribution in [2.24, 2.45) is 0 Å². The number of halogens is 3. The van der Waals surface area contributed by atoms with Crippen LogP contribution in [0.2, 0.25) is 0 Å². The zero-order valence-corrected chi connectivity index (χ0v) is 8.07. The summed E-state index contributed by atoms with van der Waals surface area (Å²) in [6.07, 6.45) is 0.655. The van der Waals surface area contributed by atoms with E-state index in [1.54, 1.807) is 12.1 Å². The van der Waals surface area contributed by atoms with Crippen LogP contribution >= 0.6 is 0 Å². The first-order chi connectivity index (χ1) is 7.59. The minimum Gasteiger partial charge on any atom is -0.264 e. The lowest BCUT2D eigenvalue weighted by atomic mass is 10.0. The zero-order valence-electron chi connectivity index (χ0n) is 8.07. The molecule has 0 aliphatic heterocycles. The first kappa shape index (κ1) is 10.6. The molecule has 0 aliphatic rings. The molecule has 0 bridgehead atoms. The van der Waals surface area contributed by atoms with Crippen LogP contribution in [0, 0.1) is 0 Å². The molecule has 16 heavy (non-hydrogen) atoms. The van der Waals surface area contributed by atoms with Gasteiger partial charge in [-0.15, -0.1) is 0 Å². The van der Waals surface area contributed by atoms with E-state index in [0.29, 0.717) is 5.56 Å². The van der Waals surface area contributed by atoms with Crippen molar-refractivity contribution in [1.29, 1.82) is 0 Å². The Balaban J connectivity index is 2.58. The van der Waals surface area contributed by atoms with E-state index < -0.39 is 11.7 Å². The van der Waals surface area contributed by atoms with Crippen molar-refractivity contribution in [3.63, 3.8) is 0 Å². The van der Waals surface area contributed by atoms with Crippen LogP contribution in [0.25, 0.3) is 11.1 Å². The van der Waals surface area contributed by atoms with E-state index in [-0.39, 0.29) is 5.56 Å². The van der Waals surface area contributed by atoms with Crippen LogP contribution in [-0.2, 0) is 6.18 Å². The van der Waals surface area contributed by atoms with Crippen LogP contribution in [0.5, 0.6) is 0 Å².